The lowest BCUT2D eigenvalue weighted by atomic mass is 9.87. The molecule has 6 nitrogen and oxygen atoms in total. The molecule has 24 heavy (non-hydrogen) atoms. The molecule has 1 fully saturated rings. The minimum absolute atomic E-state index is 0.185. The van der Waals surface area contributed by atoms with Gasteiger partial charge in [-0.3, -0.25) is 0 Å². The van der Waals surface area contributed by atoms with Crippen LogP contribution in [0.1, 0.15) is 25.7 Å². The summed E-state index contributed by atoms with van der Waals surface area (Å²) in [6.45, 7) is 0.713. The Kier molecular flexibility index (Phi) is 5.37. The van der Waals surface area contributed by atoms with Crippen LogP contribution in [0, 0.1) is 5.92 Å². The number of nitrogen functional groups attached to an aromatic ring is 1. The van der Waals surface area contributed by atoms with Gasteiger partial charge in [0.15, 0.2) is 11.6 Å². The molecule has 0 amide bonds. The van der Waals surface area contributed by atoms with Crippen molar-refractivity contribution in [2.24, 2.45) is 5.92 Å². The van der Waals surface area contributed by atoms with Crippen LogP contribution in [0.25, 0.3) is 0 Å². The van der Waals surface area contributed by atoms with Gasteiger partial charge in [-0.05, 0) is 49.4 Å². The average Bonchev–Trinajstić information content (AvgIpc) is 2.57. The highest BCUT2D eigenvalue weighted by Crippen LogP contribution is 2.30. The highest BCUT2D eigenvalue weighted by Gasteiger charge is 2.20. The SMILES string of the molecule is Nc1ncc(Oc2ccc(Cl)cc2)c(NCC2CCCC(O)C2)n1. The molecule has 2 atom stereocenters. The van der Waals surface area contributed by atoms with Crippen molar-refractivity contribution in [3.63, 3.8) is 0 Å². The van der Waals surface area contributed by atoms with Gasteiger partial charge in [-0.2, -0.15) is 4.98 Å². The fourth-order valence-corrected chi connectivity index (χ4v) is 3.03. The Morgan fingerprint density at radius 1 is 1.29 bits per heavy atom. The fraction of sp³-hybridized carbons (Fsp3) is 0.412. The molecule has 0 spiro atoms. The molecule has 1 aliphatic rings. The van der Waals surface area contributed by atoms with Crippen molar-refractivity contribution in [1.82, 2.24) is 9.97 Å². The van der Waals surface area contributed by atoms with Gasteiger partial charge >= 0.3 is 0 Å². The molecule has 1 aromatic carbocycles. The van der Waals surface area contributed by atoms with E-state index in [1.165, 1.54) is 0 Å². The Morgan fingerprint density at radius 2 is 2.08 bits per heavy atom. The summed E-state index contributed by atoms with van der Waals surface area (Å²) in [5, 5.41) is 13.7. The summed E-state index contributed by atoms with van der Waals surface area (Å²) in [7, 11) is 0. The van der Waals surface area contributed by atoms with E-state index in [0.29, 0.717) is 34.8 Å². The van der Waals surface area contributed by atoms with Crippen LogP contribution in [0.5, 0.6) is 11.5 Å². The number of hydrogen-bond donors (Lipinski definition) is 3. The number of nitrogens with two attached hydrogens (primary N) is 1. The van der Waals surface area contributed by atoms with Crippen molar-refractivity contribution in [2.75, 3.05) is 17.6 Å². The average molecular weight is 349 g/mol. The predicted molar refractivity (Wildman–Crippen MR) is 94.4 cm³/mol. The van der Waals surface area contributed by atoms with Gasteiger partial charge < -0.3 is 20.9 Å². The first kappa shape index (κ1) is 16.8. The third-order valence-electron chi connectivity index (χ3n) is 4.13. The lowest BCUT2D eigenvalue weighted by molar-refractivity contribution is 0.104. The van der Waals surface area contributed by atoms with Crippen LogP contribution in [0.3, 0.4) is 0 Å². The summed E-state index contributed by atoms with van der Waals surface area (Å²) in [5.74, 6) is 2.29. The summed E-state index contributed by atoms with van der Waals surface area (Å²) in [6.07, 6.45) is 5.19. The van der Waals surface area contributed by atoms with E-state index < -0.39 is 0 Å². The van der Waals surface area contributed by atoms with E-state index in [0.717, 1.165) is 25.7 Å². The van der Waals surface area contributed by atoms with Gasteiger partial charge in [-0.1, -0.05) is 18.0 Å². The Bertz CT molecular complexity index is 681. The van der Waals surface area contributed by atoms with Crippen LogP contribution < -0.4 is 15.8 Å². The second kappa shape index (κ2) is 7.68. The third-order valence-corrected chi connectivity index (χ3v) is 4.38. The maximum atomic E-state index is 9.78. The number of hydrogen-bond acceptors (Lipinski definition) is 6. The number of aliphatic hydroxyl groups excluding tert-OH is 1. The molecule has 3 rings (SSSR count). The van der Waals surface area contributed by atoms with Crippen LogP contribution >= 0.6 is 11.6 Å². The molecule has 1 aliphatic carbocycles. The van der Waals surface area contributed by atoms with Gasteiger partial charge in [0, 0.05) is 11.6 Å². The maximum Gasteiger partial charge on any atom is 0.222 e. The topological polar surface area (TPSA) is 93.3 Å². The van der Waals surface area contributed by atoms with Crippen molar-refractivity contribution in [3.05, 3.63) is 35.5 Å². The highest BCUT2D eigenvalue weighted by molar-refractivity contribution is 6.30. The van der Waals surface area contributed by atoms with Crippen molar-refractivity contribution >= 4 is 23.4 Å². The number of nitrogens with one attached hydrogen (secondary N) is 1. The minimum atomic E-state index is -0.203. The van der Waals surface area contributed by atoms with Crippen LogP contribution in [0.4, 0.5) is 11.8 Å². The number of aliphatic hydroxyl groups is 1. The molecule has 1 aromatic heterocycles. The molecular weight excluding hydrogens is 328 g/mol. The molecule has 0 radical (unpaired) electrons. The second-order valence-corrected chi connectivity index (χ2v) is 6.50. The van der Waals surface area contributed by atoms with Crippen molar-refractivity contribution in [1.29, 1.82) is 0 Å². The molecule has 1 saturated carbocycles. The number of aromatic nitrogens is 2. The number of anilines is 2. The summed E-state index contributed by atoms with van der Waals surface area (Å²) < 4.78 is 5.83. The van der Waals surface area contributed by atoms with E-state index in [9.17, 15) is 5.11 Å². The molecule has 0 aliphatic heterocycles. The van der Waals surface area contributed by atoms with E-state index >= 15 is 0 Å². The zero-order valence-electron chi connectivity index (χ0n) is 13.3. The summed E-state index contributed by atoms with van der Waals surface area (Å²) in [6, 6.07) is 7.07. The van der Waals surface area contributed by atoms with E-state index in [4.69, 9.17) is 22.1 Å². The quantitative estimate of drug-likeness (QED) is 0.766. The molecule has 0 bridgehead atoms. The predicted octanol–water partition coefficient (Wildman–Crippen LogP) is 3.47. The Morgan fingerprint density at radius 3 is 2.83 bits per heavy atom. The monoisotopic (exact) mass is 348 g/mol. The summed E-state index contributed by atoms with van der Waals surface area (Å²) in [5.41, 5.74) is 5.70. The number of ether oxygens (including phenoxy) is 1. The van der Waals surface area contributed by atoms with Crippen LogP contribution in [0.2, 0.25) is 5.02 Å². The molecule has 7 heteroatoms. The molecule has 1 heterocycles. The van der Waals surface area contributed by atoms with Crippen molar-refractivity contribution in [2.45, 2.75) is 31.8 Å². The van der Waals surface area contributed by atoms with Gasteiger partial charge in [0.1, 0.15) is 5.75 Å². The number of benzene rings is 1. The lowest BCUT2D eigenvalue weighted by Crippen LogP contribution is -2.25. The van der Waals surface area contributed by atoms with Gasteiger partial charge in [0.2, 0.25) is 5.95 Å². The van der Waals surface area contributed by atoms with E-state index in [1.807, 2.05) is 0 Å². The first-order valence-electron chi connectivity index (χ1n) is 8.08. The lowest BCUT2D eigenvalue weighted by Gasteiger charge is -2.26. The normalized spacial score (nSPS) is 20.6. The second-order valence-electron chi connectivity index (χ2n) is 6.06. The number of rotatable bonds is 5. The molecule has 128 valence electrons. The largest absolute Gasteiger partial charge is 0.452 e. The standard InChI is InChI=1S/C17H21ClN4O2/c18-12-4-6-14(7-5-12)24-15-10-21-17(19)22-16(15)20-9-11-2-1-3-13(23)8-11/h4-7,10-11,13,23H,1-3,8-9H2,(H3,19,20,21,22). The Balaban J connectivity index is 1.69. The molecular formula is C17H21ClN4O2. The zero-order valence-corrected chi connectivity index (χ0v) is 14.0. The zero-order chi connectivity index (χ0) is 16.9. The Labute approximate surface area is 146 Å². The molecule has 2 unspecified atom stereocenters. The van der Waals surface area contributed by atoms with Crippen molar-refractivity contribution in [3.8, 4) is 11.5 Å². The maximum absolute atomic E-state index is 9.78. The summed E-state index contributed by atoms with van der Waals surface area (Å²) in [4.78, 5) is 8.23. The van der Waals surface area contributed by atoms with Crippen LogP contribution in [-0.2, 0) is 0 Å². The van der Waals surface area contributed by atoms with Gasteiger partial charge in [-0.25, -0.2) is 4.98 Å². The minimum Gasteiger partial charge on any atom is -0.452 e. The summed E-state index contributed by atoms with van der Waals surface area (Å²) >= 11 is 5.88. The smallest absolute Gasteiger partial charge is 0.222 e. The molecule has 4 N–H and O–H groups in total. The molecule has 0 saturated heterocycles. The van der Waals surface area contributed by atoms with E-state index in [2.05, 4.69) is 15.3 Å². The Hall–Kier alpha value is -2.05. The first-order valence-corrected chi connectivity index (χ1v) is 8.46. The van der Waals surface area contributed by atoms with E-state index in [-0.39, 0.29) is 12.1 Å². The van der Waals surface area contributed by atoms with Gasteiger partial charge in [0.05, 0.1) is 12.3 Å². The van der Waals surface area contributed by atoms with Gasteiger partial charge in [-0.15, -0.1) is 0 Å². The highest BCUT2D eigenvalue weighted by atomic mass is 35.5. The number of halogens is 1. The van der Waals surface area contributed by atoms with Crippen molar-refractivity contribution < 1.29 is 9.84 Å². The molecule has 2 aromatic rings. The van der Waals surface area contributed by atoms with E-state index in [1.54, 1.807) is 30.5 Å². The van der Waals surface area contributed by atoms with Crippen LogP contribution in [-0.4, -0.2) is 27.7 Å². The first-order chi connectivity index (χ1) is 11.6. The third kappa shape index (κ3) is 4.49. The van der Waals surface area contributed by atoms with Crippen LogP contribution in [0.15, 0.2) is 30.5 Å². The fourth-order valence-electron chi connectivity index (χ4n) is 2.90. The van der Waals surface area contributed by atoms with Gasteiger partial charge in [0.25, 0.3) is 0 Å². The number of nitrogens with zero attached hydrogens (tertiary/aromatic N) is 2.